The van der Waals surface area contributed by atoms with Crippen LogP contribution in [0.4, 0.5) is 5.69 Å². The summed E-state index contributed by atoms with van der Waals surface area (Å²) < 4.78 is 29.9. The molecule has 0 spiro atoms. The quantitative estimate of drug-likeness (QED) is 0.880. The van der Waals surface area contributed by atoms with E-state index in [4.69, 9.17) is 0 Å². The number of fused-ring (bicyclic) bond motifs is 1. The number of anilines is 1. The number of nitrogens with zero attached hydrogens (tertiary/aromatic N) is 4. The molecule has 21 heavy (non-hydrogen) atoms. The van der Waals surface area contributed by atoms with Gasteiger partial charge in [-0.25, -0.2) is 4.98 Å². The second kappa shape index (κ2) is 5.98. The predicted molar refractivity (Wildman–Crippen MR) is 83.3 cm³/mol. The van der Waals surface area contributed by atoms with Crippen molar-refractivity contribution in [3.63, 3.8) is 0 Å². The summed E-state index contributed by atoms with van der Waals surface area (Å²) in [6.45, 7) is 4.39. The fourth-order valence-electron chi connectivity index (χ4n) is 2.09. The van der Waals surface area contributed by atoms with E-state index in [-0.39, 0.29) is 0 Å². The van der Waals surface area contributed by atoms with Gasteiger partial charge in [-0.2, -0.15) is 17.8 Å². The number of nitrogens with one attached hydrogen (secondary N) is 1. The Morgan fingerprint density at radius 3 is 2.81 bits per heavy atom. The summed E-state index contributed by atoms with van der Waals surface area (Å²) in [6.07, 6.45) is 3.29. The van der Waals surface area contributed by atoms with Gasteiger partial charge in [0.1, 0.15) is 0 Å². The van der Waals surface area contributed by atoms with Crippen LogP contribution in [0.1, 0.15) is 25.5 Å². The third-order valence-electron chi connectivity index (χ3n) is 3.35. The maximum atomic E-state index is 12.2. The van der Waals surface area contributed by atoms with Gasteiger partial charge < -0.3 is 0 Å². The molecule has 2 aromatic rings. The highest BCUT2D eigenvalue weighted by molar-refractivity contribution is 7.90. The number of hydrogen-bond donors (Lipinski definition) is 1. The van der Waals surface area contributed by atoms with Crippen molar-refractivity contribution in [2.75, 3.05) is 18.3 Å². The number of aromatic nitrogens is 3. The summed E-state index contributed by atoms with van der Waals surface area (Å²) in [5.41, 5.74) is 2.00. The van der Waals surface area contributed by atoms with Gasteiger partial charge in [0.2, 0.25) is 0 Å². The molecule has 0 saturated heterocycles. The molecule has 116 valence electrons. The van der Waals surface area contributed by atoms with Gasteiger partial charge in [-0.15, -0.1) is 0 Å². The summed E-state index contributed by atoms with van der Waals surface area (Å²) in [5.74, 6) is 0. The number of rotatable bonds is 6. The van der Waals surface area contributed by atoms with Crippen molar-refractivity contribution in [1.29, 1.82) is 0 Å². The van der Waals surface area contributed by atoms with E-state index in [1.807, 2.05) is 20.9 Å². The Labute approximate surface area is 125 Å². The lowest BCUT2D eigenvalue weighted by atomic mass is 10.3. The average Bonchev–Trinajstić information content (AvgIpc) is 2.70. The molecule has 0 fully saturated rings. The molecule has 7 nitrogen and oxygen atoms in total. The van der Waals surface area contributed by atoms with E-state index in [0.29, 0.717) is 12.2 Å². The summed E-state index contributed by atoms with van der Waals surface area (Å²) >= 11 is 0. The minimum atomic E-state index is -3.54. The molecule has 0 unspecified atom stereocenters. The van der Waals surface area contributed by atoms with Crippen molar-refractivity contribution in [2.45, 2.75) is 26.7 Å². The van der Waals surface area contributed by atoms with Gasteiger partial charge in [0.05, 0.1) is 17.6 Å². The molecule has 0 aromatic carbocycles. The van der Waals surface area contributed by atoms with Crippen LogP contribution in [0.5, 0.6) is 0 Å². The SMILES string of the molecule is CCCCN(C)S(=O)(=O)Nc1cnc2c(c1)c(C)nn2C. The molecular weight excluding hydrogens is 290 g/mol. The zero-order chi connectivity index (χ0) is 15.6. The molecule has 0 aliphatic carbocycles. The Morgan fingerprint density at radius 1 is 1.43 bits per heavy atom. The highest BCUT2D eigenvalue weighted by atomic mass is 32.2. The molecule has 2 rings (SSSR count). The van der Waals surface area contributed by atoms with Crippen LogP contribution >= 0.6 is 0 Å². The van der Waals surface area contributed by atoms with Crippen LogP contribution in [0, 0.1) is 6.92 Å². The van der Waals surface area contributed by atoms with Gasteiger partial charge in [0.15, 0.2) is 5.65 Å². The van der Waals surface area contributed by atoms with Crippen molar-refractivity contribution in [1.82, 2.24) is 19.1 Å². The van der Waals surface area contributed by atoms with Crippen LogP contribution < -0.4 is 4.72 Å². The molecule has 0 aliphatic heterocycles. The number of unbranched alkanes of at least 4 members (excludes halogenated alkanes) is 1. The number of aryl methyl sites for hydroxylation is 2. The van der Waals surface area contributed by atoms with E-state index in [1.54, 1.807) is 17.8 Å². The number of pyridine rings is 1. The summed E-state index contributed by atoms with van der Waals surface area (Å²) in [5, 5.41) is 5.11. The Morgan fingerprint density at radius 2 is 2.14 bits per heavy atom. The van der Waals surface area contributed by atoms with Crippen LogP contribution in [0.25, 0.3) is 11.0 Å². The lowest BCUT2D eigenvalue weighted by Crippen LogP contribution is -2.33. The highest BCUT2D eigenvalue weighted by Crippen LogP contribution is 2.20. The zero-order valence-electron chi connectivity index (χ0n) is 12.8. The maximum Gasteiger partial charge on any atom is 0.301 e. The summed E-state index contributed by atoms with van der Waals surface area (Å²) in [6, 6.07) is 1.76. The highest BCUT2D eigenvalue weighted by Gasteiger charge is 2.18. The molecule has 2 heterocycles. The van der Waals surface area contributed by atoms with Gasteiger partial charge in [-0.05, 0) is 19.4 Å². The zero-order valence-corrected chi connectivity index (χ0v) is 13.6. The monoisotopic (exact) mass is 311 g/mol. The predicted octanol–water partition coefficient (Wildman–Crippen LogP) is 1.67. The van der Waals surface area contributed by atoms with Gasteiger partial charge in [-0.1, -0.05) is 13.3 Å². The third kappa shape index (κ3) is 3.33. The Hall–Kier alpha value is -1.67. The van der Waals surface area contributed by atoms with E-state index in [9.17, 15) is 8.42 Å². The van der Waals surface area contributed by atoms with Crippen molar-refractivity contribution < 1.29 is 8.42 Å². The molecule has 0 radical (unpaired) electrons. The molecule has 8 heteroatoms. The molecule has 2 aromatic heterocycles. The summed E-state index contributed by atoms with van der Waals surface area (Å²) in [4.78, 5) is 4.26. The largest absolute Gasteiger partial charge is 0.301 e. The van der Waals surface area contributed by atoms with Gasteiger partial charge in [0, 0.05) is 26.0 Å². The normalized spacial score (nSPS) is 12.2. The lowest BCUT2D eigenvalue weighted by molar-refractivity contribution is 0.463. The first-order valence-corrected chi connectivity index (χ1v) is 8.32. The Balaban J connectivity index is 2.25. The van der Waals surface area contributed by atoms with E-state index in [0.717, 1.165) is 29.6 Å². The van der Waals surface area contributed by atoms with Gasteiger partial charge in [0.25, 0.3) is 0 Å². The second-order valence-corrected chi connectivity index (χ2v) is 6.86. The fraction of sp³-hybridized carbons (Fsp3) is 0.538. The lowest BCUT2D eigenvalue weighted by Gasteiger charge is -2.17. The molecule has 0 saturated carbocycles. The number of hydrogen-bond acceptors (Lipinski definition) is 4. The fourth-order valence-corrected chi connectivity index (χ4v) is 3.03. The Kier molecular flexibility index (Phi) is 4.48. The van der Waals surface area contributed by atoms with Gasteiger partial charge >= 0.3 is 10.2 Å². The molecule has 0 bridgehead atoms. The van der Waals surface area contributed by atoms with Crippen molar-refractivity contribution in [2.24, 2.45) is 7.05 Å². The standard InChI is InChI=1S/C13H21N5O2S/c1-5-6-7-17(3)21(19,20)16-11-8-12-10(2)15-18(4)13(12)14-9-11/h8-9,16H,5-7H2,1-4H3. The van der Waals surface area contributed by atoms with Crippen molar-refractivity contribution in [3.05, 3.63) is 18.0 Å². The molecular formula is C13H21N5O2S. The Bertz CT molecular complexity index is 738. The van der Waals surface area contributed by atoms with E-state index < -0.39 is 10.2 Å². The van der Waals surface area contributed by atoms with E-state index in [1.165, 1.54) is 10.5 Å². The van der Waals surface area contributed by atoms with Crippen LogP contribution in [0.15, 0.2) is 12.3 Å². The first-order valence-electron chi connectivity index (χ1n) is 6.88. The first kappa shape index (κ1) is 15.7. The van der Waals surface area contributed by atoms with Crippen molar-refractivity contribution in [3.8, 4) is 0 Å². The van der Waals surface area contributed by atoms with Crippen LogP contribution in [0.2, 0.25) is 0 Å². The maximum absolute atomic E-state index is 12.2. The smallest absolute Gasteiger partial charge is 0.269 e. The van der Waals surface area contributed by atoms with Crippen LogP contribution in [-0.4, -0.2) is 41.1 Å². The minimum absolute atomic E-state index is 0.446. The third-order valence-corrected chi connectivity index (χ3v) is 4.84. The van der Waals surface area contributed by atoms with E-state index >= 15 is 0 Å². The molecule has 1 N–H and O–H groups in total. The van der Waals surface area contributed by atoms with Gasteiger partial charge in [-0.3, -0.25) is 9.40 Å². The topological polar surface area (TPSA) is 80.1 Å². The molecule has 0 aliphatic rings. The van der Waals surface area contributed by atoms with Crippen LogP contribution in [-0.2, 0) is 17.3 Å². The summed E-state index contributed by atoms with van der Waals surface area (Å²) in [7, 11) is -0.165. The van der Waals surface area contributed by atoms with Crippen LogP contribution in [0.3, 0.4) is 0 Å². The average molecular weight is 311 g/mol. The minimum Gasteiger partial charge on any atom is -0.269 e. The van der Waals surface area contributed by atoms with E-state index in [2.05, 4.69) is 14.8 Å². The molecule has 0 amide bonds. The first-order chi connectivity index (χ1) is 9.85. The molecule has 0 atom stereocenters. The van der Waals surface area contributed by atoms with Crippen molar-refractivity contribution >= 4 is 26.9 Å². The second-order valence-electron chi connectivity index (χ2n) is 5.09.